The van der Waals surface area contributed by atoms with Gasteiger partial charge in [-0.3, -0.25) is 4.79 Å². The predicted molar refractivity (Wildman–Crippen MR) is 71.3 cm³/mol. The Bertz CT molecular complexity index is 622. The monoisotopic (exact) mass is 316 g/mol. The number of likely N-dealkylation sites (tertiary alicyclic amines) is 2. The number of piperidine rings is 1. The zero-order valence-electron chi connectivity index (χ0n) is 12.1. The van der Waals surface area contributed by atoms with E-state index in [-0.39, 0.29) is 5.92 Å². The van der Waals surface area contributed by atoms with Crippen molar-refractivity contribution in [1.29, 1.82) is 0 Å². The maximum Gasteiger partial charge on any atom is 0.257 e. The molecule has 1 aromatic rings. The Balaban J connectivity index is 1.84. The van der Waals surface area contributed by atoms with E-state index >= 15 is 0 Å². The molecule has 7 heteroatoms. The summed E-state index contributed by atoms with van der Waals surface area (Å²) in [5.41, 5.74) is -0.747. The van der Waals surface area contributed by atoms with Gasteiger partial charge in [-0.1, -0.05) is 0 Å². The molecule has 2 atom stereocenters. The molecular formula is C15H16F4N2O. The first-order chi connectivity index (χ1) is 10.4. The molecule has 2 heterocycles. The number of halogens is 4. The van der Waals surface area contributed by atoms with Crippen LogP contribution in [0.3, 0.4) is 0 Å². The average Bonchev–Trinajstić information content (AvgIpc) is 2.91. The Morgan fingerprint density at radius 1 is 1.05 bits per heavy atom. The SMILES string of the molecule is CN1CC[C@@H]2CN(C(=O)c3cc(F)c(F)c(F)c3F)C[C@@H]2C1. The van der Waals surface area contributed by atoms with Crippen molar-refractivity contribution in [3.63, 3.8) is 0 Å². The maximum absolute atomic E-state index is 13.7. The van der Waals surface area contributed by atoms with E-state index in [1.54, 1.807) is 0 Å². The zero-order chi connectivity index (χ0) is 16.0. The van der Waals surface area contributed by atoms with Crippen LogP contribution in [-0.2, 0) is 0 Å². The van der Waals surface area contributed by atoms with Gasteiger partial charge in [0.1, 0.15) is 0 Å². The van der Waals surface area contributed by atoms with E-state index in [1.165, 1.54) is 4.90 Å². The van der Waals surface area contributed by atoms with Crippen molar-refractivity contribution < 1.29 is 22.4 Å². The Morgan fingerprint density at radius 3 is 2.45 bits per heavy atom. The molecule has 2 saturated heterocycles. The van der Waals surface area contributed by atoms with E-state index in [4.69, 9.17) is 0 Å². The summed E-state index contributed by atoms with van der Waals surface area (Å²) < 4.78 is 53.3. The largest absolute Gasteiger partial charge is 0.338 e. The summed E-state index contributed by atoms with van der Waals surface area (Å²) in [7, 11) is 1.99. The first kappa shape index (κ1) is 15.3. The standard InChI is InChI=1S/C15H16F4N2O/c1-20-3-2-8-6-21(7-9(8)5-20)15(22)10-4-11(16)13(18)14(19)12(10)17/h4,8-9H,2-3,5-7H2,1H3/t8-,9+/m1/s1. The highest BCUT2D eigenvalue weighted by Gasteiger charge is 2.39. The van der Waals surface area contributed by atoms with Crippen LogP contribution in [0.1, 0.15) is 16.8 Å². The van der Waals surface area contributed by atoms with Gasteiger partial charge in [-0.15, -0.1) is 0 Å². The van der Waals surface area contributed by atoms with E-state index in [0.29, 0.717) is 25.1 Å². The quantitative estimate of drug-likeness (QED) is 0.451. The van der Waals surface area contributed by atoms with Gasteiger partial charge in [-0.2, -0.15) is 0 Å². The van der Waals surface area contributed by atoms with Crippen molar-refractivity contribution in [2.75, 3.05) is 33.2 Å². The molecule has 3 rings (SSSR count). The fourth-order valence-electron chi connectivity index (χ4n) is 3.42. The highest BCUT2D eigenvalue weighted by atomic mass is 19.2. The molecule has 0 spiro atoms. The van der Waals surface area contributed by atoms with Crippen molar-refractivity contribution in [2.45, 2.75) is 6.42 Å². The van der Waals surface area contributed by atoms with Crippen LogP contribution in [0.25, 0.3) is 0 Å². The number of benzene rings is 1. The molecule has 0 N–H and O–H groups in total. The smallest absolute Gasteiger partial charge is 0.257 e. The average molecular weight is 316 g/mol. The Morgan fingerprint density at radius 2 is 1.73 bits per heavy atom. The molecule has 3 nitrogen and oxygen atoms in total. The Labute approximate surface area is 125 Å². The van der Waals surface area contributed by atoms with Crippen LogP contribution in [0.4, 0.5) is 17.6 Å². The molecular weight excluding hydrogens is 300 g/mol. The van der Waals surface area contributed by atoms with Gasteiger partial charge in [0.25, 0.3) is 5.91 Å². The second-order valence-electron chi connectivity index (χ2n) is 6.13. The van der Waals surface area contributed by atoms with Crippen LogP contribution < -0.4 is 0 Å². The summed E-state index contributed by atoms with van der Waals surface area (Å²) in [6.07, 6.45) is 0.930. The Hall–Kier alpha value is -1.63. The van der Waals surface area contributed by atoms with Crippen molar-refractivity contribution in [2.24, 2.45) is 11.8 Å². The molecule has 2 fully saturated rings. The third kappa shape index (κ3) is 2.47. The first-order valence-corrected chi connectivity index (χ1v) is 7.19. The fraction of sp³-hybridized carbons (Fsp3) is 0.533. The number of carbonyl (C=O) groups is 1. The third-order valence-electron chi connectivity index (χ3n) is 4.62. The number of fused-ring (bicyclic) bond motifs is 1. The van der Waals surface area contributed by atoms with Crippen molar-refractivity contribution >= 4 is 5.91 Å². The third-order valence-corrected chi connectivity index (χ3v) is 4.62. The molecule has 0 bridgehead atoms. The summed E-state index contributed by atoms with van der Waals surface area (Å²) in [4.78, 5) is 15.9. The molecule has 2 aliphatic heterocycles. The van der Waals surface area contributed by atoms with Gasteiger partial charge in [0, 0.05) is 19.6 Å². The van der Waals surface area contributed by atoms with Crippen molar-refractivity contribution in [1.82, 2.24) is 9.80 Å². The summed E-state index contributed by atoms with van der Waals surface area (Å²) in [6.45, 7) is 2.63. The molecule has 0 radical (unpaired) electrons. The minimum atomic E-state index is -1.94. The summed E-state index contributed by atoms with van der Waals surface area (Å²) in [5.74, 6) is -7.22. The van der Waals surface area contributed by atoms with Gasteiger partial charge < -0.3 is 9.80 Å². The molecule has 0 aliphatic carbocycles. The van der Waals surface area contributed by atoms with Gasteiger partial charge in [0.05, 0.1) is 5.56 Å². The fourth-order valence-corrected chi connectivity index (χ4v) is 3.42. The summed E-state index contributed by atoms with van der Waals surface area (Å²) in [6, 6.07) is 0.435. The second-order valence-corrected chi connectivity index (χ2v) is 6.13. The van der Waals surface area contributed by atoms with Crippen LogP contribution in [-0.4, -0.2) is 48.9 Å². The minimum absolute atomic E-state index is 0.279. The van der Waals surface area contributed by atoms with Crippen LogP contribution >= 0.6 is 0 Å². The number of hydrogen-bond acceptors (Lipinski definition) is 2. The lowest BCUT2D eigenvalue weighted by Crippen LogP contribution is -2.37. The number of carbonyl (C=O) groups excluding carboxylic acids is 1. The van der Waals surface area contributed by atoms with Gasteiger partial charge in [0.15, 0.2) is 23.3 Å². The first-order valence-electron chi connectivity index (χ1n) is 7.19. The lowest BCUT2D eigenvalue weighted by Gasteiger charge is -2.31. The van der Waals surface area contributed by atoms with Crippen LogP contribution in [0, 0.1) is 35.1 Å². The highest BCUT2D eigenvalue weighted by Crippen LogP contribution is 2.32. The van der Waals surface area contributed by atoms with Gasteiger partial charge in [-0.05, 0) is 37.9 Å². The van der Waals surface area contributed by atoms with Crippen LogP contribution in [0.2, 0.25) is 0 Å². The van der Waals surface area contributed by atoms with Crippen molar-refractivity contribution in [3.8, 4) is 0 Å². The molecule has 1 amide bonds. The number of amides is 1. The number of nitrogens with zero attached hydrogens (tertiary/aromatic N) is 2. The van der Waals surface area contributed by atoms with E-state index in [9.17, 15) is 22.4 Å². The normalized spacial score (nSPS) is 25.4. The van der Waals surface area contributed by atoms with E-state index in [0.717, 1.165) is 19.5 Å². The molecule has 22 heavy (non-hydrogen) atoms. The van der Waals surface area contributed by atoms with Gasteiger partial charge >= 0.3 is 0 Å². The minimum Gasteiger partial charge on any atom is -0.338 e. The zero-order valence-corrected chi connectivity index (χ0v) is 12.1. The molecule has 120 valence electrons. The van der Waals surface area contributed by atoms with Crippen LogP contribution in [0.5, 0.6) is 0 Å². The predicted octanol–water partition coefficient (Wildman–Crippen LogP) is 2.27. The lowest BCUT2D eigenvalue weighted by atomic mass is 9.89. The van der Waals surface area contributed by atoms with Crippen molar-refractivity contribution in [3.05, 3.63) is 34.9 Å². The van der Waals surface area contributed by atoms with Crippen LogP contribution in [0.15, 0.2) is 6.07 Å². The molecule has 0 aromatic heterocycles. The van der Waals surface area contributed by atoms with Gasteiger partial charge in [0.2, 0.25) is 0 Å². The molecule has 2 aliphatic rings. The Kier molecular flexibility index (Phi) is 3.84. The molecule has 0 unspecified atom stereocenters. The van der Waals surface area contributed by atoms with Gasteiger partial charge in [-0.25, -0.2) is 17.6 Å². The topological polar surface area (TPSA) is 23.6 Å². The highest BCUT2D eigenvalue weighted by molar-refractivity contribution is 5.94. The molecule has 1 aromatic carbocycles. The summed E-state index contributed by atoms with van der Waals surface area (Å²) >= 11 is 0. The number of hydrogen-bond donors (Lipinski definition) is 0. The maximum atomic E-state index is 13.7. The lowest BCUT2D eigenvalue weighted by molar-refractivity contribution is 0.0777. The summed E-state index contributed by atoms with van der Waals surface area (Å²) in [5, 5.41) is 0. The van der Waals surface area contributed by atoms with E-state index < -0.39 is 34.7 Å². The van der Waals surface area contributed by atoms with E-state index in [2.05, 4.69) is 4.90 Å². The van der Waals surface area contributed by atoms with E-state index in [1.807, 2.05) is 7.05 Å². The second kappa shape index (κ2) is 5.53. The number of rotatable bonds is 1. The molecule has 0 saturated carbocycles.